The number of benzene rings is 3. The van der Waals surface area contributed by atoms with Crippen molar-refractivity contribution in [2.24, 2.45) is 0 Å². The van der Waals surface area contributed by atoms with Crippen molar-refractivity contribution in [2.75, 3.05) is 24.2 Å². The molecule has 2 heterocycles. The van der Waals surface area contributed by atoms with E-state index in [-0.39, 0.29) is 12.5 Å². The normalized spacial score (nSPS) is 15.7. The van der Waals surface area contributed by atoms with E-state index in [0.29, 0.717) is 18.1 Å². The Morgan fingerprint density at radius 3 is 2.51 bits per heavy atom. The first kappa shape index (κ1) is 24.6. The molecule has 11 heteroatoms. The first-order valence-corrected chi connectivity index (χ1v) is 20.9. The third-order valence-corrected chi connectivity index (χ3v) is 11.7. The summed E-state index contributed by atoms with van der Waals surface area (Å²) in [6.07, 6.45) is 0. The molecule has 0 aromatic heterocycles. The first-order chi connectivity index (χ1) is 16.9. The Morgan fingerprint density at radius 2 is 1.86 bits per heavy atom. The van der Waals surface area contributed by atoms with Crippen LogP contribution in [0.5, 0.6) is 11.5 Å². The van der Waals surface area contributed by atoms with Crippen molar-refractivity contribution in [3.63, 3.8) is 0 Å². The van der Waals surface area contributed by atoms with Crippen molar-refractivity contribution in [1.29, 1.82) is 0 Å². The Bertz CT molecular complexity index is 1390. The zero-order valence-electron chi connectivity index (χ0n) is 19.5. The van der Waals surface area contributed by atoms with Gasteiger partial charge in [0.2, 0.25) is 0 Å². The maximum absolute atomic E-state index is 12.9. The topological polar surface area (TPSA) is 78.0 Å². The number of hydrogen-bond acceptors (Lipinski definition) is 8. The molecule has 0 saturated heterocycles. The van der Waals surface area contributed by atoms with Crippen LogP contribution >= 0.6 is 4.00 Å². The number of anilines is 2. The van der Waals surface area contributed by atoms with E-state index in [1.165, 1.54) is 12.5 Å². The minimum atomic E-state index is -1.49. The van der Waals surface area contributed by atoms with Gasteiger partial charge in [0.25, 0.3) is 0 Å². The summed E-state index contributed by atoms with van der Waals surface area (Å²) in [5.74, 6) is 1.34. The quantitative estimate of drug-likeness (QED) is 0.211. The van der Waals surface area contributed by atoms with Crippen LogP contribution in [0.15, 0.2) is 54.5 Å². The molecule has 7 nitrogen and oxygen atoms in total. The molecule has 0 aliphatic carbocycles. The molecule has 0 fully saturated rings. The monoisotopic (exact) mass is 697 g/mol. The zero-order chi connectivity index (χ0) is 24.6. The fourth-order valence-corrected chi connectivity index (χ4v) is 8.45. The van der Waals surface area contributed by atoms with Gasteiger partial charge in [0.1, 0.15) is 0 Å². The van der Waals surface area contributed by atoms with Crippen LogP contribution in [0, 0.1) is 0 Å². The van der Waals surface area contributed by atoms with Crippen LogP contribution in [-0.2, 0) is 19.2 Å². The van der Waals surface area contributed by atoms with Gasteiger partial charge in [0, 0.05) is 0 Å². The van der Waals surface area contributed by atoms with Gasteiger partial charge in [0.05, 0.1) is 0 Å². The molecule has 0 radical (unpaired) electrons. The Morgan fingerprint density at radius 1 is 1.14 bits per heavy atom. The minimum absolute atomic E-state index is 0.202. The molecule has 0 spiro atoms. The van der Waals surface area contributed by atoms with Crippen LogP contribution in [0.25, 0.3) is 16.3 Å². The molecule has 0 unspecified atom stereocenters. The Balaban J connectivity index is 1.60. The Kier molecular flexibility index (Phi) is 7.12. The number of ether oxygens (including phenoxy) is 3. The average Bonchev–Trinajstić information content (AvgIpc) is 2.82. The van der Waals surface area contributed by atoms with Crippen molar-refractivity contribution < 1.29 is 21.7 Å². The van der Waals surface area contributed by atoms with Gasteiger partial charge in [-0.2, -0.15) is 0 Å². The number of hydrogen-bond donors (Lipinski definition) is 2. The second-order valence-corrected chi connectivity index (χ2v) is 20.8. The molecule has 5 rings (SSSR count). The fourth-order valence-electron chi connectivity index (χ4n) is 4.44. The third-order valence-electron chi connectivity index (χ3n) is 5.83. The van der Waals surface area contributed by atoms with E-state index in [9.17, 15) is 4.79 Å². The van der Waals surface area contributed by atoms with Crippen molar-refractivity contribution in [2.45, 2.75) is 19.6 Å². The molecule has 0 amide bonds. The summed E-state index contributed by atoms with van der Waals surface area (Å²) in [5.41, 5.74) is 4.04. The van der Waals surface area contributed by atoms with Gasteiger partial charge >= 0.3 is 223 Å². The molecular weight excluding hydrogens is 675 g/mol. The van der Waals surface area contributed by atoms with E-state index in [4.69, 9.17) is 28.7 Å². The predicted octanol–water partition coefficient (Wildman–Crippen LogP) is 5.04. The number of cyclic esters (lactones) is 1. The SMILES string of the molecule is COc1ccc(/C(=C\B2Nc3cccc4cccc(c34)N2)C[O][Tl]=[P+]=S)c2c1C(=O)OC(C)(C)O2. The molecule has 35 heavy (non-hydrogen) atoms. The van der Waals surface area contributed by atoms with Crippen LogP contribution in [0.2, 0.25) is 0 Å². The molecular formula is C24H22BN2O5PSTl+. The summed E-state index contributed by atoms with van der Waals surface area (Å²) in [6, 6.07) is 16.1. The standard InChI is InChI=1S/C24H22BN2O5.PS.Tl/c1-24(2)31-22-16(10-11-19(30-3)21(22)23(29)32-24)15(13-28)12-25-26-17-8-4-6-14-7-5-9-18(27-25)20(14)17;1-2;/h4-12,26-27H,13H2,1-3H3;;/q2*-1;+3/b15-12-;;. The Labute approximate surface area is 221 Å². The summed E-state index contributed by atoms with van der Waals surface area (Å²) in [6.45, 7) is 3.60. The maximum atomic E-state index is 12.9. The number of methoxy groups -OCH3 is 1. The van der Waals surface area contributed by atoms with E-state index in [1.54, 1.807) is 19.9 Å². The van der Waals surface area contributed by atoms with Crippen molar-refractivity contribution in [1.82, 2.24) is 0 Å². The third kappa shape index (κ3) is 4.96. The van der Waals surface area contributed by atoms with Crippen LogP contribution in [0.1, 0.15) is 29.8 Å². The van der Waals surface area contributed by atoms with E-state index in [1.807, 2.05) is 18.2 Å². The van der Waals surface area contributed by atoms with Crippen LogP contribution in [0.4, 0.5) is 11.4 Å². The molecule has 174 valence electrons. The van der Waals surface area contributed by atoms with Crippen LogP contribution < -0.4 is 19.9 Å². The molecule has 0 bridgehead atoms. The second kappa shape index (κ2) is 10.1. The predicted molar refractivity (Wildman–Crippen MR) is 144 cm³/mol. The molecule has 0 atom stereocenters. The summed E-state index contributed by atoms with van der Waals surface area (Å²) >= 11 is 3.64. The van der Waals surface area contributed by atoms with Gasteiger partial charge in [-0.15, -0.1) is 0 Å². The number of carbonyl (C=O) groups excluding carboxylic acids is 1. The molecule has 2 aliphatic rings. The van der Waals surface area contributed by atoms with Crippen molar-refractivity contribution in [3.8, 4) is 11.5 Å². The Hall–Kier alpha value is -2.07. The summed E-state index contributed by atoms with van der Waals surface area (Å²) in [7, 11) is 1.52. The van der Waals surface area contributed by atoms with Gasteiger partial charge in [-0.1, -0.05) is 0 Å². The molecule has 3 aromatic rings. The van der Waals surface area contributed by atoms with E-state index >= 15 is 0 Å². The molecule has 2 N–H and O–H groups in total. The molecule has 2 aliphatic heterocycles. The average molecular weight is 697 g/mol. The van der Waals surface area contributed by atoms with Crippen molar-refractivity contribution >= 4 is 80.0 Å². The van der Waals surface area contributed by atoms with E-state index in [2.05, 4.69) is 40.7 Å². The van der Waals surface area contributed by atoms with Crippen molar-refractivity contribution in [3.05, 3.63) is 65.6 Å². The number of nitrogens with one attached hydrogen (secondary N) is 2. The number of esters is 1. The molecule has 3 aromatic carbocycles. The van der Waals surface area contributed by atoms with Gasteiger partial charge < -0.3 is 0 Å². The molecule has 0 saturated carbocycles. The van der Waals surface area contributed by atoms with Crippen LogP contribution in [0.3, 0.4) is 0 Å². The second-order valence-electron chi connectivity index (χ2n) is 8.60. The first-order valence-electron chi connectivity index (χ1n) is 11.0. The number of fused-ring (bicyclic) bond motifs is 1. The summed E-state index contributed by atoms with van der Waals surface area (Å²) in [5, 5.41) is 9.48. The van der Waals surface area contributed by atoms with Gasteiger partial charge in [-0.25, -0.2) is 0 Å². The van der Waals surface area contributed by atoms with Gasteiger partial charge in [-0.3, -0.25) is 0 Å². The van der Waals surface area contributed by atoms with Gasteiger partial charge in [0.15, 0.2) is 0 Å². The number of rotatable bonds is 6. The fraction of sp³-hybridized carbons (Fsp3) is 0.208. The summed E-state index contributed by atoms with van der Waals surface area (Å²) in [4.78, 5) is 12.9. The van der Waals surface area contributed by atoms with E-state index in [0.717, 1.165) is 31.9 Å². The van der Waals surface area contributed by atoms with Crippen LogP contribution in [-0.4, -0.2) is 56.0 Å². The summed E-state index contributed by atoms with van der Waals surface area (Å²) < 4.78 is 24.1. The number of carbonyl (C=O) groups is 1. The van der Waals surface area contributed by atoms with E-state index < -0.39 is 35.3 Å². The zero-order valence-corrected chi connectivity index (χ0v) is 25.7. The van der Waals surface area contributed by atoms with Gasteiger partial charge in [-0.05, 0) is 0 Å².